The molecule has 0 bridgehead atoms. The van der Waals surface area contributed by atoms with Crippen LogP contribution in [0.5, 0.6) is 0 Å². The molecule has 5 rings (SSSR count). The van der Waals surface area contributed by atoms with E-state index in [1.165, 1.54) is 22.5 Å². The third-order valence-corrected chi connectivity index (χ3v) is 8.07. The van der Waals surface area contributed by atoms with Gasteiger partial charge in [-0.15, -0.1) is 0 Å². The Hall–Kier alpha value is -2.96. The second-order valence-corrected chi connectivity index (χ2v) is 10.4. The molecule has 1 aromatic heterocycles. The molecule has 36 heavy (non-hydrogen) atoms. The van der Waals surface area contributed by atoms with Gasteiger partial charge in [0.15, 0.2) is 0 Å². The van der Waals surface area contributed by atoms with Gasteiger partial charge in [0.1, 0.15) is 5.69 Å². The molecule has 0 spiro atoms. The van der Waals surface area contributed by atoms with Gasteiger partial charge in [0.25, 0.3) is 5.91 Å². The molecule has 2 aromatic carbocycles. The van der Waals surface area contributed by atoms with Gasteiger partial charge in [-0.25, -0.2) is 0 Å². The number of anilines is 2. The van der Waals surface area contributed by atoms with E-state index in [2.05, 4.69) is 69.5 Å². The van der Waals surface area contributed by atoms with Crippen LogP contribution >= 0.6 is 11.6 Å². The number of benzene rings is 2. The monoisotopic (exact) mass is 505 g/mol. The van der Waals surface area contributed by atoms with E-state index in [1.54, 1.807) is 0 Å². The Morgan fingerprint density at radius 3 is 2.22 bits per heavy atom. The maximum Gasteiger partial charge on any atom is 0.270 e. The predicted octanol–water partition coefficient (Wildman–Crippen LogP) is 4.58. The van der Waals surface area contributed by atoms with E-state index >= 15 is 0 Å². The third-order valence-electron chi connectivity index (χ3n) is 7.75. The maximum atomic E-state index is 13.5. The molecule has 0 N–H and O–H groups in total. The fraction of sp³-hybridized carbons (Fsp3) is 0.414. The van der Waals surface area contributed by atoms with Crippen LogP contribution in [0.15, 0.2) is 54.6 Å². The molecule has 0 unspecified atom stereocenters. The van der Waals surface area contributed by atoms with Crippen LogP contribution in [0.4, 0.5) is 11.4 Å². The summed E-state index contributed by atoms with van der Waals surface area (Å²) in [5, 5.41) is 0.813. The van der Waals surface area contributed by atoms with E-state index in [0.717, 1.165) is 75.3 Å². The summed E-state index contributed by atoms with van der Waals surface area (Å²) in [5.74, 6) is 0.138. The van der Waals surface area contributed by atoms with Crippen molar-refractivity contribution in [3.05, 3.63) is 82.1 Å². The molecule has 0 aliphatic carbocycles. The Labute approximate surface area is 219 Å². The second kappa shape index (κ2) is 10.6. The Morgan fingerprint density at radius 1 is 0.833 bits per heavy atom. The molecule has 2 fully saturated rings. The van der Waals surface area contributed by atoms with Crippen LogP contribution < -0.4 is 9.80 Å². The summed E-state index contributed by atoms with van der Waals surface area (Å²) in [6.07, 6.45) is 0. The first kappa shape index (κ1) is 24.7. The molecule has 3 aromatic rings. The lowest BCUT2D eigenvalue weighted by molar-refractivity contribution is 0.0737. The summed E-state index contributed by atoms with van der Waals surface area (Å²) in [6.45, 7) is 12.2. The number of halogens is 1. The Morgan fingerprint density at radius 2 is 1.53 bits per heavy atom. The summed E-state index contributed by atoms with van der Waals surface area (Å²) in [7, 11) is 2.02. The van der Waals surface area contributed by atoms with Crippen molar-refractivity contribution in [3.63, 3.8) is 0 Å². The van der Waals surface area contributed by atoms with Crippen molar-refractivity contribution in [1.82, 2.24) is 14.4 Å². The maximum absolute atomic E-state index is 13.5. The molecular weight excluding hydrogens is 470 g/mol. The minimum Gasteiger partial charge on any atom is -0.368 e. The second-order valence-electron chi connectivity index (χ2n) is 10.0. The molecule has 0 saturated carbocycles. The number of hydrogen-bond donors (Lipinski definition) is 0. The summed E-state index contributed by atoms with van der Waals surface area (Å²) in [5.41, 5.74) is 6.83. The molecule has 2 saturated heterocycles. The first-order valence-electron chi connectivity index (χ1n) is 12.9. The average Bonchev–Trinajstić information content (AvgIpc) is 3.18. The molecule has 2 aliphatic rings. The first-order chi connectivity index (χ1) is 17.4. The van der Waals surface area contributed by atoms with Gasteiger partial charge >= 0.3 is 0 Å². The number of aromatic nitrogens is 1. The van der Waals surface area contributed by atoms with Gasteiger partial charge in [-0.1, -0.05) is 35.9 Å². The summed E-state index contributed by atoms with van der Waals surface area (Å²) in [4.78, 5) is 22.7. The average molecular weight is 506 g/mol. The normalized spacial score (nSPS) is 17.1. The van der Waals surface area contributed by atoms with Gasteiger partial charge in [0, 0.05) is 77.3 Å². The van der Waals surface area contributed by atoms with Crippen LogP contribution in [0.1, 0.15) is 27.3 Å². The van der Waals surface area contributed by atoms with Crippen LogP contribution in [0.25, 0.3) is 0 Å². The zero-order valence-corrected chi connectivity index (χ0v) is 22.3. The molecule has 190 valence electrons. The van der Waals surface area contributed by atoms with E-state index in [-0.39, 0.29) is 5.91 Å². The molecular formula is C29H36ClN5O. The smallest absolute Gasteiger partial charge is 0.270 e. The van der Waals surface area contributed by atoms with E-state index in [1.807, 2.05) is 30.1 Å². The fourth-order valence-electron chi connectivity index (χ4n) is 5.38. The third kappa shape index (κ3) is 5.11. The quantitative estimate of drug-likeness (QED) is 0.508. The van der Waals surface area contributed by atoms with Crippen LogP contribution in [-0.2, 0) is 13.6 Å². The standard InChI is InChI=1S/C29H36ClN5O/c1-22-7-6-8-25(19-22)33-15-17-35(18-16-33)29(36)28-20-24(23(2)31(28)3)21-32-11-13-34(14-12-32)27-10-5-4-9-26(27)30/h4-10,19-20H,11-18,21H2,1-3H3. The van der Waals surface area contributed by atoms with Crippen LogP contribution in [0.3, 0.4) is 0 Å². The van der Waals surface area contributed by atoms with Crippen LogP contribution in [-0.4, -0.2) is 72.6 Å². The number of nitrogens with zero attached hydrogens (tertiary/aromatic N) is 5. The Kier molecular flexibility index (Phi) is 7.26. The highest BCUT2D eigenvalue weighted by atomic mass is 35.5. The van der Waals surface area contributed by atoms with Crippen LogP contribution in [0.2, 0.25) is 5.02 Å². The highest BCUT2D eigenvalue weighted by molar-refractivity contribution is 6.33. The van der Waals surface area contributed by atoms with Gasteiger partial charge < -0.3 is 19.3 Å². The number of para-hydroxylation sites is 1. The van der Waals surface area contributed by atoms with Crippen molar-refractivity contribution < 1.29 is 4.79 Å². The summed E-state index contributed by atoms with van der Waals surface area (Å²) < 4.78 is 2.07. The summed E-state index contributed by atoms with van der Waals surface area (Å²) >= 11 is 6.41. The number of carbonyl (C=O) groups excluding carboxylic acids is 1. The molecule has 1 amide bonds. The van der Waals surface area contributed by atoms with E-state index in [0.29, 0.717) is 0 Å². The molecule has 6 nitrogen and oxygen atoms in total. The molecule has 2 aliphatic heterocycles. The zero-order valence-electron chi connectivity index (χ0n) is 21.6. The van der Waals surface area contributed by atoms with Gasteiger partial charge in [-0.05, 0) is 55.3 Å². The molecule has 7 heteroatoms. The van der Waals surface area contributed by atoms with Crippen molar-refractivity contribution in [3.8, 4) is 0 Å². The van der Waals surface area contributed by atoms with Crippen LogP contribution in [0, 0.1) is 13.8 Å². The summed E-state index contributed by atoms with van der Waals surface area (Å²) in [6, 6.07) is 18.8. The number of carbonyl (C=O) groups is 1. The SMILES string of the molecule is Cc1cccc(N2CCN(C(=O)c3cc(CN4CCN(c5ccccc5Cl)CC4)c(C)n3C)CC2)c1. The Balaban J connectivity index is 1.19. The number of rotatable bonds is 5. The minimum atomic E-state index is 0.138. The van der Waals surface area contributed by atoms with Gasteiger partial charge in [-0.3, -0.25) is 9.69 Å². The molecule has 0 atom stereocenters. The number of piperazine rings is 2. The predicted molar refractivity (Wildman–Crippen MR) is 148 cm³/mol. The largest absolute Gasteiger partial charge is 0.368 e. The van der Waals surface area contributed by atoms with Crippen molar-refractivity contribution in [1.29, 1.82) is 0 Å². The van der Waals surface area contributed by atoms with E-state index in [4.69, 9.17) is 11.6 Å². The Bertz CT molecular complexity index is 1220. The lowest BCUT2D eigenvalue weighted by Crippen LogP contribution is -2.49. The first-order valence-corrected chi connectivity index (χ1v) is 13.3. The fourth-order valence-corrected chi connectivity index (χ4v) is 5.63. The minimum absolute atomic E-state index is 0.138. The highest BCUT2D eigenvalue weighted by Crippen LogP contribution is 2.27. The topological polar surface area (TPSA) is 35.0 Å². The van der Waals surface area contributed by atoms with Crippen molar-refractivity contribution in [2.75, 3.05) is 62.2 Å². The lowest BCUT2D eigenvalue weighted by Gasteiger charge is -2.36. The van der Waals surface area contributed by atoms with Gasteiger partial charge in [0.2, 0.25) is 0 Å². The number of hydrogen-bond acceptors (Lipinski definition) is 4. The van der Waals surface area contributed by atoms with Crippen molar-refractivity contribution in [2.24, 2.45) is 7.05 Å². The van der Waals surface area contributed by atoms with Gasteiger partial charge in [0.05, 0.1) is 10.7 Å². The zero-order chi connectivity index (χ0) is 25.2. The number of aryl methyl sites for hydroxylation is 1. The van der Waals surface area contributed by atoms with E-state index in [9.17, 15) is 4.79 Å². The number of amides is 1. The van der Waals surface area contributed by atoms with Crippen molar-refractivity contribution >= 4 is 28.9 Å². The van der Waals surface area contributed by atoms with Crippen molar-refractivity contribution in [2.45, 2.75) is 20.4 Å². The highest BCUT2D eigenvalue weighted by Gasteiger charge is 2.26. The van der Waals surface area contributed by atoms with Gasteiger partial charge in [-0.2, -0.15) is 0 Å². The lowest BCUT2D eigenvalue weighted by atomic mass is 10.1. The molecule has 0 radical (unpaired) electrons. The van der Waals surface area contributed by atoms with E-state index < -0.39 is 0 Å². The molecule has 3 heterocycles.